The Morgan fingerprint density at radius 3 is 2.18 bits per heavy atom. The Bertz CT molecular complexity index is 1550. The smallest absolute Gasteiger partial charge is 0.407 e. The van der Waals surface area contributed by atoms with Gasteiger partial charge >= 0.3 is 6.09 Å². The maximum absolute atomic E-state index is 13.5. The number of benzene rings is 4. The highest BCUT2D eigenvalue weighted by molar-refractivity contribution is 5.90. The van der Waals surface area contributed by atoms with Crippen LogP contribution in [0.25, 0.3) is 10.8 Å². The molecule has 1 heterocycles. The molecule has 0 unspecified atom stereocenters. The number of hydrogen-bond donors (Lipinski definition) is 3. The number of likely N-dealkylation sites (tertiary alicyclic amines) is 1. The standard InChI is InChI=1S/C35H38N4O5/c36-31(20-25-9-3-1-4-10-25)34(41)39-22-30(43-24-27-15-16-28-13-7-8-14-29(28)19-27)21-32(39)33(40)37-17-18-38-35(42)44-23-26-11-5-2-6-12-26/h1-16,19,30-32H,17-18,20-24,36H2,(H,37,40)(H,38,42)/t30-,31-,32-/m1/s1. The zero-order valence-corrected chi connectivity index (χ0v) is 24.6. The highest BCUT2D eigenvalue weighted by atomic mass is 16.5. The molecule has 0 aliphatic carbocycles. The van der Waals surface area contributed by atoms with Crippen LogP contribution in [0.4, 0.5) is 4.79 Å². The average molecular weight is 595 g/mol. The Morgan fingerprint density at radius 2 is 1.43 bits per heavy atom. The lowest BCUT2D eigenvalue weighted by atomic mass is 10.1. The van der Waals surface area contributed by atoms with Crippen molar-refractivity contribution in [3.05, 3.63) is 120 Å². The molecule has 4 N–H and O–H groups in total. The first-order chi connectivity index (χ1) is 21.5. The minimum Gasteiger partial charge on any atom is -0.445 e. The molecule has 9 nitrogen and oxygen atoms in total. The van der Waals surface area contributed by atoms with E-state index in [1.165, 1.54) is 4.90 Å². The molecule has 4 aromatic rings. The zero-order valence-electron chi connectivity index (χ0n) is 24.6. The molecular weight excluding hydrogens is 556 g/mol. The molecule has 3 amide bonds. The summed E-state index contributed by atoms with van der Waals surface area (Å²) in [7, 11) is 0. The summed E-state index contributed by atoms with van der Waals surface area (Å²) in [5, 5.41) is 7.75. The van der Waals surface area contributed by atoms with E-state index in [1.54, 1.807) is 0 Å². The second kappa shape index (κ2) is 15.1. The molecule has 228 valence electrons. The molecule has 1 aliphatic heterocycles. The second-order valence-corrected chi connectivity index (χ2v) is 10.9. The summed E-state index contributed by atoms with van der Waals surface area (Å²) in [6, 6.07) is 31.7. The van der Waals surface area contributed by atoms with Gasteiger partial charge in [-0.05, 0) is 39.9 Å². The monoisotopic (exact) mass is 594 g/mol. The van der Waals surface area contributed by atoms with Crippen LogP contribution in [-0.4, -0.2) is 60.6 Å². The lowest BCUT2D eigenvalue weighted by molar-refractivity contribution is -0.139. The van der Waals surface area contributed by atoms with Gasteiger partial charge in [0.2, 0.25) is 11.8 Å². The van der Waals surface area contributed by atoms with Crippen molar-refractivity contribution in [2.45, 2.75) is 44.2 Å². The van der Waals surface area contributed by atoms with Crippen molar-refractivity contribution in [1.29, 1.82) is 0 Å². The highest BCUT2D eigenvalue weighted by Crippen LogP contribution is 2.24. The fourth-order valence-corrected chi connectivity index (χ4v) is 5.36. The predicted molar refractivity (Wildman–Crippen MR) is 168 cm³/mol. The highest BCUT2D eigenvalue weighted by Gasteiger charge is 2.41. The first kappa shape index (κ1) is 30.7. The van der Waals surface area contributed by atoms with Gasteiger partial charge in [0.05, 0.1) is 18.8 Å². The van der Waals surface area contributed by atoms with Crippen LogP contribution in [0.3, 0.4) is 0 Å². The molecule has 1 aliphatic rings. The van der Waals surface area contributed by atoms with Gasteiger partial charge in [0.15, 0.2) is 0 Å². The summed E-state index contributed by atoms with van der Waals surface area (Å²) in [4.78, 5) is 40.4. The molecule has 44 heavy (non-hydrogen) atoms. The number of nitrogens with one attached hydrogen (secondary N) is 2. The van der Waals surface area contributed by atoms with Crippen LogP contribution < -0.4 is 16.4 Å². The SMILES string of the molecule is N[C@H](Cc1ccccc1)C(=O)N1C[C@H](OCc2ccc3ccccc3c2)C[C@@H]1C(=O)NCCNC(=O)OCc1ccccc1. The molecule has 0 spiro atoms. The van der Waals surface area contributed by atoms with Gasteiger partial charge < -0.3 is 30.7 Å². The Morgan fingerprint density at radius 1 is 0.773 bits per heavy atom. The Kier molecular flexibility index (Phi) is 10.6. The molecule has 0 radical (unpaired) electrons. The first-order valence-electron chi connectivity index (χ1n) is 14.9. The molecule has 1 fully saturated rings. The third-order valence-corrected chi connectivity index (χ3v) is 7.67. The first-order valence-corrected chi connectivity index (χ1v) is 14.9. The summed E-state index contributed by atoms with van der Waals surface area (Å²) in [6.45, 7) is 1.13. The number of nitrogens with two attached hydrogens (primary N) is 1. The van der Waals surface area contributed by atoms with Gasteiger partial charge in [0.25, 0.3) is 0 Å². The Balaban J connectivity index is 1.16. The lowest BCUT2D eigenvalue weighted by Gasteiger charge is -2.26. The van der Waals surface area contributed by atoms with E-state index in [4.69, 9.17) is 15.2 Å². The number of hydrogen-bond acceptors (Lipinski definition) is 6. The van der Waals surface area contributed by atoms with E-state index in [1.807, 2.05) is 78.9 Å². The van der Waals surface area contributed by atoms with Crippen LogP contribution in [-0.2, 0) is 38.7 Å². The van der Waals surface area contributed by atoms with Crippen molar-refractivity contribution >= 4 is 28.7 Å². The maximum Gasteiger partial charge on any atom is 0.407 e. The molecule has 3 atom stereocenters. The number of carbonyl (C=O) groups excluding carboxylic acids is 3. The van der Waals surface area contributed by atoms with E-state index in [2.05, 4.69) is 34.9 Å². The van der Waals surface area contributed by atoms with Crippen molar-refractivity contribution in [3.8, 4) is 0 Å². The van der Waals surface area contributed by atoms with Crippen molar-refractivity contribution in [3.63, 3.8) is 0 Å². The third-order valence-electron chi connectivity index (χ3n) is 7.67. The largest absolute Gasteiger partial charge is 0.445 e. The zero-order chi connectivity index (χ0) is 30.7. The summed E-state index contributed by atoms with van der Waals surface area (Å²) in [5.41, 5.74) is 9.20. The number of nitrogens with zero attached hydrogens (tertiary/aromatic N) is 1. The average Bonchev–Trinajstić information content (AvgIpc) is 3.49. The number of ether oxygens (including phenoxy) is 2. The normalized spacial score (nSPS) is 16.8. The fourth-order valence-electron chi connectivity index (χ4n) is 5.36. The van der Waals surface area contributed by atoms with Gasteiger partial charge in [-0.3, -0.25) is 9.59 Å². The maximum atomic E-state index is 13.5. The number of alkyl carbamates (subject to hydrolysis) is 1. The quantitative estimate of drug-likeness (QED) is 0.214. The molecular formula is C35H38N4O5. The van der Waals surface area contributed by atoms with Crippen LogP contribution in [0.15, 0.2) is 103 Å². The molecule has 0 bridgehead atoms. The topological polar surface area (TPSA) is 123 Å². The van der Waals surface area contributed by atoms with Gasteiger partial charge in [-0.1, -0.05) is 97.1 Å². The third kappa shape index (κ3) is 8.43. The molecule has 4 aromatic carbocycles. The molecule has 0 saturated carbocycles. The summed E-state index contributed by atoms with van der Waals surface area (Å²) < 4.78 is 11.4. The number of rotatable bonds is 12. The van der Waals surface area contributed by atoms with Gasteiger partial charge in [0.1, 0.15) is 12.6 Å². The fraction of sp³-hybridized carbons (Fsp3) is 0.286. The minimum atomic E-state index is -0.798. The van der Waals surface area contributed by atoms with Crippen LogP contribution in [0.1, 0.15) is 23.1 Å². The summed E-state index contributed by atoms with van der Waals surface area (Å²) in [6.07, 6.45) is -0.205. The van der Waals surface area contributed by atoms with Crippen molar-refractivity contribution in [2.75, 3.05) is 19.6 Å². The molecule has 0 aromatic heterocycles. The summed E-state index contributed by atoms with van der Waals surface area (Å²) in [5.74, 6) is -0.616. The van der Waals surface area contributed by atoms with Gasteiger partial charge in [0, 0.05) is 26.1 Å². The van der Waals surface area contributed by atoms with E-state index in [0.29, 0.717) is 19.4 Å². The van der Waals surface area contributed by atoms with Crippen LogP contribution >= 0.6 is 0 Å². The molecule has 1 saturated heterocycles. The number of fused-ring (bicyclic) bond motifs is 1. The number of amides is 3. The van der Waals surface area contributed by atoms with Crippen LogP contribution in [0, 0.1) is 0 Å². The molecule has 9 heteroatoms. The number of carbonyl (C=O) groups is 3. The van der Waals surface area contributed by atoms with Gasteiger partial charge in [-0.15, -0.1) is 0 Å². The lowest BCUT2D eigenvalue weighted by Crippen LogP contribution is -2.52. The van der Waals surface area contributed by atoms with E-state index in [-0.39, 0.29) is 44.2 Å². The van der Waals surface area contributed by atoms with E-state index in [9.17, 15) is 14.4 Å². The van der Waals surface area contributed by atoms with E-state index >= 15 is 0 Å². The van der Waals surface area contributed by atoms with Crippen LogP contribution in [0.5, 0.6) is 0 Å². The van der Waals surface area contributed by atoms with E-state index in [0.717, 1.165) is 27.5 Å². The Labute approximate surface area is 257 Å². The summed E-state index contributed by atoms with van der Waals surface area (Å²) >= 11 is 0. The van der Waals surface area contributed by atoms with Crippen molar-refractivity contribution in [2.24, 2.45) is 5.73 Å². The van der Waals surface area contributed by atoms with Gasteiger partial charge in [-0.2, -0.15) is 0 Å². The minimum absolute atomic E-state index is 0.155. The van der Waals surface area contributed by atoms with Gasteiger partial charge in [-0.25, -0.2) is 4.79 Å². The molecule has 5 rings (SSSR count). The predicted octanol–water partition coefficient (Wildman–Crippen LogP) is 3.94. The van der Waals surface area contributed by atoms with Crippen molar-refractivity contribution < 1.29 is 23.9 Å². The van der Waals surface area contributed by atoms with Crippen molar-refractivity contribution in [1.82, 2.24) is 15.5 Å². The van der Waals surface area contributed by atoms with Crippen LogP contribution in [0.2, 0.25) is 0 Å². The Hall–Kier alpha value is -4.73. The van der Waals surface area contributed by atoms with E-state index < -0.39 is 18.2 Å². The second-order valence-electron chi connectivity index (χ2n) is 10.9.